The van der Waals surface area contributed by atoms with Gasteiger partial charge in [-0.25, -0.2) is 4.98 Å². The fourth-order valence-electron chi connectivity index (χ4n) is 1.33. The van der Waals surface area contributed by atoms with Gasteiger partial charge >= 0.3 is 0 Å². The molecule has 0 aliphatic rings. The normalized spacial score (nSPS) is 9.94. The smallest absolute Gasteiger partial charge is 0.130 e. The molecule has 0 aliphatic heterocycles. The maximum absolute atomic E-state index is 5.80. The van der Waals surface area contributed by atoms with E-state index in [0.717, 1.165) is 11.3 Å². The van der Waals surface area contributed by atoms with Gasteiger partial charge in [-0.05, 0) is 36.4 Å². The molecule has 0 amide bonds. The Bertz CT molecular complexity index is 540. The average Bonchev–Trinajstić information content (AvgIpc) is 2.32. The van der Waals surface area contributed by atoms with Crippen molar-refractivity contribution in [3.05, 3.63) is 53.2 Å². The van der Waals surface area contributed by atoms with Crippen molar-refractivity contribution in [3.63, 3.8) is 0 Å². The third-order valence-corrected chi connectivity index (χ3v) is 2.65. The van der Waals surface area contributed by atoms with E-state index in [1.165, 1.54) is 0 Å². The van der Waals surface area contributed by atoms with Crippen LogP contribution in [-0.2, 0) is 0 Å². The SMILES string of the molecule is NC(=S)c1ccnc(Nc2ccc(Cl)cc2)c1. The summed E-state index contributed by atoms with van der Waals surface area (Å²) in [5, 5.41) is 3.84. The monoisotopic (exact) mass is 263 g/mol. The lowest BCUT2D eigenvalue weighted by molar-refractivity contribution is 1.30. The van der Waals surface area contributed by atoms with E-state index >= 15 is 0 Å². The second kappa shape index (κ2) is 5.12. The molecule has 17 heavy (non-hydrogen) atoms. The van der Waals surface area contributed by atoms with E-state index < -0.39 is 0 Å². The summed E-state index contributed by atoms with van der Waals surface area (Å²) in [7, 11) is 0. The Morgan fingerprint density at radius 2 is 1.94 bits per heavy atom. The molecule has 0 saturated heterocycles. The highest BCUT2D eigenvalue weighted by Crippen LogP contribution is 2.18. The predicted octanol–water partition coefficient (Wildman–Crippen LogP) is 3.11. The Kier molecular flexibility index (Phi) is 3.56. The lowest BCUT2D eigenvalue weighted by Gasteiger charge is -2.06. The molecule has 2 rings (SSSR count). The molecule has 0 radical (unpaired) electrons. The van der Waals surface area contributed by atoms with Gasteiger partial charge < -0.3 is 11.1 Å². The van der Waals surface area contributed by atoms with Crippen LogP contribution in [0.2, 0.25) is 5.02 Å². The second-order valence-corrected chi connectivity index (χ2v) is 4.30. The van der Waals surface area contributed by atoms with Crippen molar-refractivity contribution in [1.29, 1.82) is 0 Å². The molecular weight excluding hydrogens is 254 g/mol. The van der Waals surface area contributed by atoms with Crippen molar-refractivity contribution < 1.29 is 0 Å². The summed E-state index contributed by atoms with van der Waals surface area (Å²) in [6.45, 7) is 0. The lowest BCUT2D eigenvalue weighted by atomic mass is 10.2. The number of nitrogens with two attached hydrogens (primary N) is 1. The molecule has 3 nitrogen and oxygen atoms in total. The molecule has 5 heteroatoms. The van der Waals surface area contributed by atoms with E-state index in [2.05, 4.69) is 10.3 Å². The number of aromatic nitrogens is 1. The Balaban J connectivity index is 2.21. The molecule has 3 N–H and O–H groups in total. The largest absolute Gasteiger partial charge is 0.389 e. The van der Waals surface area contributed by atoms with Crippen molar-refractivity contribution in [1.82, 2.24) is 4.98 Å². The van der Waals surface area contributed by atoms with Gasteiger partial charge in [0.15, 0.2) is 0 Å². The zero-order chi connectivity index (χ0) is 12.3. The molecule has 0 atom stereocenters. The van der Waals surface area contributed by atoms with Crippen LogP contribution in [0, 0.1) is 0 Å². The highest BCUT2D eigenvalue weighted by molar-refractivity contribution is 7.80. The van der Waals surface area contributed by atoms with Gasteiger partial charge in [-0.1, -0.05) is 23.8 Å². The van der Waals surface area contributed by atoms with Gasteiger partial charge in [-0.2, -0.15) is 0 Å². The first kappa shape index (κ1) is 11.8. The van der Waals surface area contributed by atoms with Crippen LogP contribution >= 0.6 is 23.8 Å². The van der Waals surface area contributed by atoms with Crippen LogP contribution in [0.5, 0.6) is 0 Å². The topological polar surface area (TPSA) is 50.9 Å². The van der Waals surface area contributed by atoms with Crippen LogP contribution < -0.4 is 11.1 Å². The summed E-state index contributed by atoms with van der Waals surface area (Å²) < 4.78 is 0. The van der Waals surface area contributed by atoms with Crippen LogP contribution in [0.15, 0.2) is 42.6 Å². The number of rotatable bonds is 3. The number of benzene rings is 1. The Hall–Kier alpha value is -1.65. The molecule has 1 heterocycles. The number of nitrogens with zero attached hydrogens (tertiary/aromatic N) is 1. The van der Waals surface area contributed by atoms with Gasteiger partial charge in [0.2, 0.25) is 0 Å². The molecule has 0 spiro atoms. The molecule has 0 saturated carbocycles. The molecule has 0 bridgehead atoms. The summed E-state index contributed by atoms with van der Waals surface area (Å²) in [5.41, 5.74) is 7.24. The van der Waals surface area contributed by atoms with Crippen LogP contribution in [0.4, 0.5) is 11.5 Å². The summed E-state index contributed by atoms with van der Waals surface area (Å²) in [5.74, 6) is 0.692. The fraction of sp³-hybridized carbons (Fsp3) is 0. The molecule has 1 aromatic heterocycles. The first-order valence-corrected chi connectivity index (χ1v) is 5.72. The molecule has 0 fully saturated rings. The minimum Gasteiger partial charge on any atom is -0.389 e. The number of nitrogens with one attached hydrogen (secondary N) is 1. The van der Waals surface area contributed by atoms with E-state index in [1.54, 1.807) is 30.5 Å². The number of thiocarbonyl (C=S) groups is 1. The van der Waals surface area contributed by atoms with E-state index in [-0.39, 0.29) is 0 Å². The van der Waals surface area contributed by atoms with E-state index in [0.29, 0.717) is 15.8 Å². The van der Waals surface area contributed by atoms with Crippen molar-refractivity contribution in [3.8, 4) is 0 Å². The second-order valence-electron chi connectivity index (χ2n) is 3.43. The van der Waals surface area contributed by atoms with Crippen LogP contribution in [0.3, 0.4) is 0 Å². The lowest BCUT2D eigenvalue weighted by Crippen LogP contribution is -2.09. The van der Waals surface area contributed by atoms with Crippen molar-refractivity contribution in [2.24, 2.45) is 5.73 Å². The molecule has 2 aromatic rings. The zero-order valence-electron chi connectivity index (χ0n) is 8.85. The van der Waals surface area contributed by atoms with E-state index in [1.807, 2.05) is 12.1 Å². The third kappa shape index (κ3) is 3.15. The Morgan fingerprint density at radius 1 is 1.24 bits per heavy atom. The summed E-state index contributed by atoms with van der Waals surface area (Å²) in [6, 6.07) is 10.9. The Morgan fingerprint density at radius 3 is 2.59 bits per heavy atom. The minimum absolute atomic E-state index is 0.353. The molecule has 0 aliphatic carbocycles. The standard InChI is InChI=1S/C12H10ClN3S/c13-9-1-3-10(4-2-9)16-11-7-8(12(14)17)5-6-15-11/h1-7H,(H2,14,17)(H,15,16). The number of anilines is 2. The van der Waals surface area contributed by atoms with Gasteiger partial charge in [-0.3, -0.25) is 0 Å². The maximum atomic E-state index is 5.80. The highest BCUT2D eigenvalue weighted by atomic mass is 35.5. The fourth-order valence-corrected chi connectivity index (χ4v) is 1.59. The quantitative estimate of drug-likeness (QED) is 0.836. The predicted molar refractivity (Wildman–Crippen MR) is 74.9 cm³/mol. The summed E-state index contributed by atoms with van der Waals surface area (Å²) in [4.78, 5) is 4.53. The molecule has 0 unspecified atom stereocenters. The van der Waals surface area contributed by atoms with Crippen molar-refractivity contribution in [2.75, 3.05) is 5.32 Å². The molecule has 1 aromatic carbocycles. The van der Waals surface area contributed by atoms with E-state index in [9.17, 15) is 0 Å². The molecular formula is C12H10ClN3S. The number of pyridine rings is 1. The average molecular weight is 264 g/mol. The third-order valence-electron chi connectivity index (χ3n) is 2.16. The Labute approximate surface area is 110 Å². The first-order chi connectivity index (χ1) is 8.15. The highest BCUT2D eigenvalue weighted by Gasteiger charge is 2.00. The van der Waals surface area contributed by atoms with Gasteiger partial charge in [0.25, 0.3) is 0 Å². The van der Waals surface area contributed by atoms with Crippen LogP contribution in [-0.4, -0.2) is 9.97 Å². The van der Waals surface area contributed by atoms with Gasteiger partial charge in [-0.15, -0.1) is 0 Å². The van der Waals surface area contributed by atoms with Gasteiger partial charge in [0.05, 0.1) is 0 Å². The number of hydrogen-bond donors (Lipinski definition) is 2. The number of halogens is 1. The summed E-state index contributed by atoms with van der Waals surface area (Å²) in [6.07, 6.45) is 1.66. The van der Waals surface area contributed by atoms with Gasteiger partial charge in [0, 0.05) is 22.5 Å². The zero-order valence-corrected chi connectivity index (χ0v) is 10.4. The summed E-state index contributed by atoms with van der Waals surface area (Å²) >= 11 is 10.7. The van der Waals surface area contributed by atoms with E-state index in [4.69, 9.17) is 29.6 Å². The van der Waals surface area contributed by atoms with Crippen molar-refractivity contribution >= 4 is 40.3 Å². The van der Waals surface area contributed by atoms with Crippen LogP contribution in [0.25, 0.3) is 0 Å². The first-order valence-electron chi connectivity index (χ1n) is 4.93. The minimum atomic E-state index is 0.353. The maximum Gasteiger partial charge on any atom is 0.130 e. The van der Waals surface area contributed by atoms with Crippen molar-refractivity contribution in [2.45, 2.75) is 0 Å². The number of hydrogen-bond acceptors (Lipinski definition) is 3. The van der Waals surface area contributed by atoms with Crippen LogP contribution in [0.1, 0.15) is 5.56 Å². The van der Waals surface area contributed by atoms with Gasteiger partial charge in [0.1, 0.15) is 10.8 Å². The molecule has 86 valence electrons.